The van der Waals surface area contributed by atoms with E-state index in [-0.39, 0.29) is 23.2 Å². The molecule has 0 spiro atoms. The van der Waals surface area contributed by atoms with Gasteiger partial charge in [-0.2, -0.15) is 0 Å². The lowest BCUT2D eigenvalue weighted by Crippen LogP contribution is -2.33. The molecule has 0 radical (unpaired) electrons. The summed E-state index contributed by atoms with van der Waals surface area (Å²) in [6, 6.07) is 3.98. The average Bonchev–Trinajstić information content (AvgIpc) is 2.56. The summed E-state index contributed by atoms with van der Waals surface area (Å²) in [5.41, 5.74) is 3.89. The van der Waals surface area contributed by atoms with E-state index in [1.165, 1.54) is 18.0 Å². The normalized spacial score (nSPS) is 10.4. The molecule has 2 rings (SSSR count). The van der Waals surface area contributed by atoms with E-state index >= 15 is 0 Å². The fourth-order valence-electron chi connectivity index (χ4n) is 2.41. The van der Waals surface area contributed by atoms with Crippen LogP contribution in [0.4, 0.5) is 5.69 Å². The minimum atomic E-state index is -0.518. The number of nitrogens with zero attached hydrogens (tertiary/aromatic N) is 2. The van der Waals surface area contributed by atoms with Gasteiger partial charge in [-0.25, -0.2) is 9.97 Å². The van der Waals surface area contributed by atoms with Gasteiger partial charge in [0.1, 0.15) is 0 Å². The van der Waals surface area contributed by atoms with Crippen molar-refractivity contribution in [1.82, 2.24) is 15.3 Å². The first kappa shape index (κ1) is 19.2. The maximum atomic E-state index is 12.2. The highest BCUT2D eigenvalue weighted by atomic mass is 35.5. The number of thioether (sulfide) groups is 1. The largest absolute Gasteiger partial charge is 0.342 e. The molecule has 0 fully saturated rings. The van der Waals surface area contributed by atoms with Crippen LogP contribution in [0.2, 0.25) is 5.02 Å². The van der Waals surface area contributed by atoms with Crippen molar-refractivity contribution in [3.05, 3.63) is 45.7 Å². The number of hydrogen-bond acceptors (Lipinski definition) is 5. The number of hydrogen-bond donors (Lipinski definition) is 2. The van der Waals surface area contributed by atoms with Crippen LogP contribution in [0.25, 0.3) is 0 Å². The van der Waals surface area contributed by atoms with Gasteiger partial charge < -0.3 is 10.6 Å². The molecule has 1 heterocycles. The highest BCUT2D eigenvalue weighted by molar-refractivity contribution is 7.98. The number of carbonyl (C=O) groups excluding carboxylic acids is 2. The van der Waals surface area contributed by atoms with Gasteiger partial charge in [0.15, 0.2) is 10.9 Å². The second kappa shape index (κ2) is 8.31. The van der Waals surface area contributed by atoms with Crippen LogP contribution in [0.5, 0.6) is 0 Å². The summed E-state index contributed by atoms with van der Waals surface area (Å²) in [7, 11) is 0. The van der Waals surface area contributed by atoms with Crippen molar-refractivity contribution in [2.45, 2.75) is 25.9 Å². The molecule has 2 aromatic rings. The number of amides is 2. The van der Waals surface area contributed by atoms with E-state index in [9.17, 15) is 9.59 Å². The van der Waals surface area contributed by atoms with Crippen LogP contribution >= 0.6 is 23.4 Å². The third kappa shape index (κ3) is 4.93. The molecular formula is C17H19ClN4O2S. The molecule has 2 amide bonds. The fraction of sp³-hybridized carbons (Fsp3) is 0.294. The number of nitrogens with one attached hydrogen (secondary N) is 2. The van der Waals surface area contributed by atoms with E-state index in [0.717, 1.165) is 22.4 Å². The van der Waals surface area contributed by atoms with Crippen LogP contribution in [0.3, 0.4) is 0 Å². The Bertz CT molecular complexity index is 803. The second-order valence-corrected chi connectivity index (χ2v) is 6.74. The smallest absolute Gasteiger partial charge is 0.272 e. The predicted molar refractivity (Wildman–Crippen MR) is 100 cm³/mol. The second-order valence-electron chi connectivity index (χ2n) is 5.56. The Hall–Kier alpha value is -2.12. The van der Waals surface area contributed by atoms with E-state index in [4.69, 9.17) is 11.6 Å². The van der Waals surface area contributed by atoms with Crippen molar-refractivity contribution < 1.29 is 9.59 Å². The van der Waals surface area contributed by atoms with E-state index < -0.39 is 5.91 Å². The summed E-state index contributed by atoms with van der Waals surface area (Å²) in [6.07, 6.45) is 3.17. The molecule has 0 saturated carbocycles. The Morgan fingerprint density at radius 3 is 2.44 bits per heavy atom. The number of aromatic nitrogens is 2. The summed E-state index contributed by atoms with van der Waals surface area (Å²) < 4.78 is 0. The number of halogens is 1. The van der Waals surface area contributed by atoms with E-state index in [2.05, 4.69) is 20.6 Å². The summed E-state index contributed by atoms with van der Waals surface area (Å²) >= 11 is 7.25. The molecule has 1 aromatic heterocycles. The van der Waals surface area contributed by atoms with Crippen molar-refractivity contribution in [1.29, 1.82) is 0 Å². The van der Waals surface area contributed by atoms with Crippen molar-refractivity contribution in [3.63, 3.8) is 0 Å². The van der Waals surface area contributed by atoms with Gasteiger partial charge >= 0.3 is 0 Å². The first-order chi connectivity index (χ1) is 11.8. The molecule has 132 valence electrons. The van der Waals surface area contributed by atoms with Crippen LogP contribution in [-0.2, 0) is 4.79 Å². The molecule has 8 heteroatoms. The molecule has 0 aliphatic rings. The highest BCUT2D eigenvalue weighted by Crippen LogP contribution is 2.21. The lowest BCUT2D eigenvalue weighted by molar-refractivity contribution is -0.115. The van der Waals surface area contributed by atoms with Gasteiger partial charge in [-0.05, 0) is 38.2 Å². The number of anilines is 1. The Morgan fingerprint density at radius 2 is 1.84 bits per heavy atom. The van der Waals surface area contributed by atoms with Crippen molar-refractivity contribution in [3.8, 4) is 0 Å². The number of rotatable bonds is 5. The molecule has 25 heavy (non-hydrogen) atoms. The minimum absolute atomic E-state index is 0.0523. The number of aryl methyl sites for hydroxylation is 3. The van der Waals surface area contributed by atoms with Gasteiger partial charge in [-0.15, -0.1) is 0 Å². The molecule has 0 bridgehead atoms. The molecule has 0 aliphatic carbocycles. The third-order valence-electron chi connectivity index (χ3n) is 3.47. The first-order valence-corrected chi connectivity index (χ1v) is 9.14. The zero-order chi connectivity index (χ0) is 18.6. The van der Waals surface area contributed by atoms with Gasteiger partial charge in [-0.1, -0.05) is 41.1 Å². The van der Waals surface area contributed by atoms with Crippen LogP contribution in [-0.4, -0.2) is 34.6 Å². The molecule has 0 unspecified atom stereocenters. The zero-order valence-electron chi connectivity index (χ0n) is 14.4. The third-order valence-corrected chi connectivity index (χ3v) is 4.31. The van der Waals surface area contributed by atoms with Gasteiger partial charge in [0.2, 0.25) is 5.91 Å². The highest BCUT2D eigenvalue weighted by Gasteiger charge is 2.15. The van der Waals surface area contributed by atoms with Gasteiger partial charge in [0.25, 0.3) is 5.91 Å². The molecule has 0 saturated heterocycles. The van der Waals surface area contributed by atoms with Crippen LogP contribution in [0.1, 0.15) is 27.2 Å². The first-order valence-electron chi connectivity index (χ1n) is 7.54. The van der Waals surface area contributed by atoms with Crippen LogP contribution < -0.4 is 10.6 Å². The Morgan fingerprint density at radius 1 is 1.20 bits per heavy atom. The molecular weight excluding hydrogens is 360 g/mol. The van der Waals surface area contributed by atoms with Crippen LogP contribution in [0, 0.1) is 20.8 Å². The van der Waals surface area contributed by atoms with E-state index in [0.29, 0.717) is 5.16 Å². The van der Waals surface area contributed by atoms with E-state index in [1.54, 1.807) is 6.26 Å². The molecule has 0 aliphatic heterocycles. The quantitative estimate of drug-likeness (QED) is 0.616. The maximum absolute atomic E-state index is 12.2. The lowest BCUT2D eigenvalue weighted by atomic mass is 10.1. The van der Waals surface area contributed by atoms with Gasteiger partial charge in [-0.3, -0.25) is 9.59 Å². The Balaban J connectivity index is 2.02. The Kier molecular flexibility index (Phi) is 6.39. The number of carbonyl (C=O) groups is 2. The van der Waals surface area contributed by atoms with Crippen molar-refractivity contribution >= 4 is 40.9 Å². The van der Waals surface area contributed by atoms with Crippen molar-refractivity contribution in [2.75, 3.05) is 18.1 Å². The summed E-state index contributed by atoms with van der Waals surface area (Å²) in [5, 5.41) is 5.93. The van der Waals surface area contributed by atoms with Gasteiger partial charge in [0, 0.05) is 5.69 Å². The number of benzene rings is 1. The summed E-state index contributed by atoms with van der Waals surface area (Å²) in [4.78, 5) is 32.4. The SMILES string of the molecule is CSc1ncc(Cl)c(C(=O)NCC(=O)Nc2c(C)cc(C)cc2C)n1. The topological polar surface area (TPSA) is 84.0 Å². The maximum Gasteiger partial charge on any atom is 0.272 e. The lowest BCUT2D eigenvalue weighted by Gasteiger charge is -2.13. The fourth-order valence-corrected chi connectivity index (χ4v) is 2.93. The predicted octanol–water partition coefficient (Wildman–Crippen LogP) is 3.15. The summed E-state index contributed by atoms with van der Waals surface area (Å²) in [5.74, 6) is -0.839. The van der Waals surface area contributed by atoms with Crippen LogP contribution in [0.15, 0.2) is 23.5 Å². The molecule has 2 N–H and O–H groups in total. The van der Waals surface area contributed by atoms with E-state index in [1.807, 2.05) is 32.9 Å². The average molecular weight is 379 g/mol. The minimum Gasteiger partial charge on any atom is -0.342 e. The van der Waals surface area contributed by atoms with Gasteiger partial charge in [0.05, 0.1) is 17.8 Å². The molecule has 1 aromatic carbocycles. The Labute approximate surface area is 155 Å². The van der Waals surface area contributed by atoms with Crippen molar-refractivity contribution in [2.24, 2.45) is 0 Å². The standard InChI is InChI=1S/C17H19ClN4O2S/c1-9-5-10(2)14(11(3)6-9)21-13(23)8-19-16(24)15-12(18)7-20-17(22-15)25-4/h5-7H,8H2,1-4H3,(H,19,24)(H,21,23). The zero-order valence-corrected chi connectivity index (χ0v) is 16.0. The molecule has 0 atom stereocenters. The summed E-state index contributed by atoms with van der Waals surface area (Å²) in [6.45, 7) is 5.68. The monoisotopic (exact) mass is 378 g/mol. The molecule has 6 nitrogen and oxygen atoms in total.